The first-order valence-electron chi connectivity index (χ1n) is 10.2. The molecule has 8 heteroatoms. The van der Waals surface area contributed by atoms with E-state index in [1.165, 1.54) is 6.42 Å². The molecule has 0 aromatic heterocycles. The molecule has 1 aliphatic carbocycles. The van der Waals surface area contributed by atoms with Gasteiger partial charge in [0.2, 0.25) is 0 Å². The van der Waals surface area contributed by atoms with Crippen LogP contribution in [0.25, 0.3) is 0 Å². The molecule has 8 nitrogen and oxygen atoms in total. The Morgan fingerprint density at radius 2 is 1.72 bits per heavy atom. The Morgan fingerprint density at radius 1 is 1.03 bits per heavy atom. The minimum Gasteiger partial charge on any atom is -0.490 e. The van der Waals surface area contributed by atoms with Crippen molar-refractivity contribution in [2.45, 2.75) is 57.9 Å². The first-order valence-corrected chi connectivity index (χ1v) is 10.2. The van der Waals surface area contributed by atoms with Crippen LogP contribution >= 0.6 is 0 Å². The van der Waals surface area contributed by atoms with Crippen LogP contribution in [0.5, 0.6) is 11.5 Å². The third-order valence-corrected chi connectivity index (χ3v) is 4.49. The molecule has 1 aromatic rings. The highest BCUT2D eigenvalue weighted by atomic mass is 16.5. The summed E-state index contributed by atoms with van der Waals surface area (Å²) in [5.41, 5.74) is 0. The standard InChI is InChI=1S/C21H30N2O6/c1-2-27-17-11-6-7-12-18(17)28-14-8-13-20(25)29-15-19(24)23-21(26)22-16-9-4-3-5-10-16/h6-7,11-12,16H,2-5,8-10,13-15H2,1H3,(H2,22,23,24,26). The van der Waals surface area contributed by atoms with E-state index in [1.54, 1.807) is 6.07 Å². The maximum Gasteiger partial charge on any atom is 0.321 e. The number of imide groups is 1. The van der Waals surface area contributed by atoms with Crippen molar-refractivity contribution in [1.29, 1.82) is 0 Å². The van der Waals surface area contributed by atoms with Crippen molar-refractivity contribution in [2.24, 2.45) is 0 Å². The molecule has 0 heterocycles. The van der Waals surface area contributed by atoms with Gasteiger partial charge < -0.3 is 19.5 Å². The van der Waals surface area contributed by atoms with Gasteiger partial charge >= 0.3 is 12.0 Å². The van der Waals surface area contributed by atoms with Crippen LogP contribution in [-0.2, 0) is 14.3 Å². The number of hydrogen-bond acceptors (Lipinski definition) is 6. The van der Waals surface area contributed by atoms with Crippen LogP contribution in [0.4, 0.5) is 4.79 Å². The van der Waals surface area contributed by atoms with Crippen LogP contribution < -0.4 is 20.1 Å². The predicted molar refractivity (Wildman–Crippen MR) is 107 cm³/mol. The van der Waals surface area contributed by atoms with Crippen LogP contribution in [-0.4, -0.2) is 43.8 Å². The number of ether oxygens (including phenoxy) is 3. The number of carbonyl (C=O) groups excluding carboxylic acids is 3. The van der Waals surface area contributed by atoms with Crippen molar-refractivity contribution in [2.75, 3.05) is 19.8 Å². The third kappa shape index (κ3) is 8.85. The molecule has 1 aliphatic rings. The first kappa shape index (κ1) is 22.5. The van der Waals surface area contributed by atoms with Crippen molar-refractivity contribution < 1.29 is 28.6 Å². The van der Waals surface area contributed by atoms with Gasteiger partial charge in [0.25, 0.3) is 5.91 Å². The lowest BCUT2D eigenvalue weighted by Crippen LogP contribution is -2.46. The highest BCUT2D eigenvalue weighted by molar-refractivity contribution is 5.95. The molecule has 0 aliphatic heterocycles. The van der Waals surface area contributed by atoms with Crippen molar-refractivity contribution in [3.05, 3.63) is 24.3 Å². The lowest BCUT2D eigenvalue weighted by molar-refractivity contribution is -0.148. The highest BCUT2D eigenvalue weighted by Gasteiger charge is 2.17. The number of rotatable bonds is 10. The smallest absolute Gasteiger partial charge is 0.321 e. The molecule has 29 heavy (non-hydrogen) atoms. The number of esters is 1. The molecule has 0 radical (unpaired) electrons. The molecule has 0 saturated heterocycles. The Labute approximate surface area is 171 Å². The minimum atomic E-state index is -0.645. The monoisotopic (exact) mass is 406 g/mol. The van der Waals surface area contributed by atoms with E-state index < -0.39 is 24.5 Å². The number of carbonyl (C=O) groups is 3. The fraction of sp³-hybridized carbons (Fsp3) is 0.571. The molecule has 1 aromatic carbocycles. The van der Waals surface area contributed by atoms with E-state index in [0.29, 0.717) is 31.1 Å². The third-order valence-electron chi connectivity index (χ3n) is 4.49. The van der Waals surface area contributed by atoms with Crippen LogP contribution in [0.15, 0.2) is 24.3 Å². The summed E-state index contributed by atoms with van der Waals surface area (Å²) < 4.78 is 16.0. The second kappa shape index (κ2) is 12.6. The van der Waals surface area contributed by atoms with Crippen molar-refractivity contribution in [1.82, 2.24) is 10.6 Å². The van der Waals surface area contributed by atoms with Gasteiger partial charge in [-0.1, -0.05) is 31.4 Å². The Hall–Kier alpha value is -2.77. The Balaban J connectivity index is 1.57. The van der Waals surface area contributed by atoms with E-state index in [9.17, 15) is 14.4 Å². The fourth-order valence-corrected chi connectivity index (χ4v) is 3.09. The summed E-state index contributed by atoms with van der Waals surface area (Å²) in [6, 6.07) is 6.87. The molecule has 0 spiro atoms. The molecule has 0 unspecified atom stereocenters. The summed E-state index contributed by atoms with van der Waals surface area (Å²) in [4.78, 5) is 35.2. The van der Waals surface area contributed by atoms with E-state index in [2.05, 4.69) is 10.6 Å². The number of nitrogens with one attached hydrogen (secondary N) is 2. The molecule has 2 rings (SSSR count). The maximum absolute atomic E-state index is 11.8. The van der Waals surface area contributed by atoms with Gasteiger partial charge in [-0.25, -0.2) is 4.79 Å². The van der Waals surface area contributed by atoms with Gasteiger partial charge in [-0.05, 0) is 38.3 Å². The Morgan fingerprint density at radius 3 is 2.41 bits per heavy atom. The van der Waals surface area contributed by atoms with Crippen LogP contribution in [0, 0.1) is 0 Å². The highest BCUT2D eigenvalue weighted by Crippen LogP contribution is 2.26. The summed E-state index contributed by atoms with van der Waals surface area (Å²) in [7, 11) is 0. The predicted octanol–water partition coefficient (Wildman–Crippen LogP) is 2.95. The molecule has 160 valence electrons. The van der Waals surface area contributed by atoms with Gasteiger partial charge in [0.1, 0.15) is 0 Å². The quantitative estimate of drug-likeness (QED) is 0.457. The number of para-hydroxylation sites is 2. The fourth-order valence-electron chi connectivity index (χ4n) is 3.09. The second-order valence-electron chi connectivity index (χ2n) is 6.85. The number of urea groups is 1. The molecule has 2 N–H and O–H groups in total. The summed E-state index contributed by atoms with van der Waals surface area (Å²) in [5, 5.41) is 4.95. The number of amides is 3. The van der Waals surface area contributed by atoms with E-state index >= 15 is 0 Å². The summed E-state index contributed by atoms with van der Waals surface area (Å²) in [6.45, 7) is 2.26. The molecule has 1 fully saturated rings. The second-order valence-corrected chi connectivity index (χ2v) is 6.85. The van der Waals surface area contributed by atoms with Crippen LogP contribution in [0.1, 0.15) is 51.9 Å². The largest absolute Gasteiger partial charge is 0.490 e. The summed E-state index contributed by atoms with van der Waals surface area (Å²) in [5.74, 6) is 0.106. The zero-order chi connectivity index (χ0) is 20.9. The van der Waals surface area contributed by atoms with Gasteiger partial charge in [0.05, 0.1) is 13.2 Å². The van der Waals surface area contributed by atoms with Crippen molar-refractivity contribution in [3.8, 4) is 11.5 Å². The average Bonchev–Trinajstić information content (AvgIpc) is 2.71. The molecule has 1 saturated carbocycles. The van der Waals surface area contributed by atoms with Gasteiger partial charge in [-0.2, -0.15) is 0 Å². The maximum atomic E-state index is 11.8. The molecule has 3 amide bonds. The summed E-state index contributed by atoms with van der Waals surface area (Å²) >= 11 is 0. The molecule has 0 atom stereocenters. The van der Waals surface area contributed by atoms with E-state index in [1.807, 2.05) is 25.1 Å². The minimum absolute atomic E-state index is 0.104. The van der Waals surface area contributed by atoms with Crippen molar-refractivity contribution in [3.63, 3.8) is 0 Å². The SMILES string of the molecule is CCOc1ccccc1OCCCC(=O)OCC(=O)NC(=O)NC1CCCCC1. The van der Waals surface area contributed by atoms with Gasteiger partial charge in [0, 0.05) is 12.5 Å². The number of benzene rings is 1. The Kier molecular flexibility index (Phi) is 9.82. The Bertz CT molecular complexity index is 673. The van der Waals surface area contributed by atoms with Gasteiger partial charge in [0.15, 0.2) is 18.1 Å². The summed E-state index contributed by atoms with van der Waals surface area (Å²) in [6.07, 6.45) is 5.73. The zero-order valence-electron chi connectivity index (χ0n) is 16.9. The zero-order valence-corrected chi connectivity index (χ0v) is 16.9. The van der Waals surface area contributed by atoms with Crippen LogP contribution in [0.3, 0.4) is 0 Å². The lowest BCUT2D eigenvalue weighted by Gasteiger charge is -2.22. The van der Waals surface area contributed by atoms with E-state index in [-0.39, 0.29) is 12.5 Å². The van der Waals surface area contributed by atoms with Gasteiger partial charge in [-0.15, -0.1) is 0 Å². The number of hydrogen-bond donors (Lipinski definition) is 2. The molecule has 0 bridgehead atoms. The lowest BCUT2D eigenvalue weighted by atomic mass is 9.96. The van der Waals surface area contributed by atoms with Gasteiger partial charge in [-0.3, -0.25) is 14.9 Å². The van der Waals surface area contributed by atoms with Crippen LogP contribution in [0.2, 0.25) is 0 Å². The first-order chi connectivity index (χ1) is 14.1. The van der Waals surface area contributed by atoms with E-state index in [0.717, 1.165) is 25.7 Å². The van der Waals surface area contributed by atoms with E-state index in [4.69, 9.17) is 14.2 Å². The topological polar surface area (TPSA) is 103 Å². The normalized spacial score (nSPS) is 14.0. The van der Waals surface area contributed by atoms with Crippen molar-refractivity contribution >= 4 is 17.9 Å². The molecular formula is C21H30N2O6. The average molecular weight is 406 g/mol. The molecular weight excluding hydrogens is 376 g/mol.